The van der Waals surface area contributed by atoms with Gasteiger partial charge in [-0.05, 0) is 6.92 Å². The topological polar surface area (TPSA) is 99.1 Å². The summed E-state index contributed by atoms with van der Waals surface area (Å²) in [7, 11) is -3.19. The van der Waals surface area contributed by atoms with Gasteiger partial charge in [0, 0.05) is 18.7 Å². The summed E-state index contributed by atoms with van der Waals surface area (Å²) in [6.45, 7) is 3.74. The van der Waals surface area contributed by atoms with Crippen LogP contribution in [-0.2, 0) is 9.84 Å². The molecule has 0 aliphatic heterocycles. The third kappa shape index (κ3) is 2.75. The van der Waals surface area contributed by atoms with Crippen LogP contribution in [0.4, 0.5) is 0 Å². The molecule has 0 amide bonds. The largest absolute Gasteiger partial charge is 0.339 e. The molecule has 15 heavy (non-hydrogen) atoms. The maximum Gasteiger partial charge on any atom is 0.230 e. The number of hydrogen-bond acceptors (Lipinski definition) is 6. The lowest BCUT2D eigenvalue weighted by molar-refractivity contribution is 0.356. The molecule has 1 aromatic heterocycles. The van der Waals surface area contributed by atoms with Crippen LogP contribution in [0.5, 0.6) is 0 Å². The molecule has 1 rings (SSSR count). The highest BCUT2D eigenvalue weighted by Gasteiger charge is 2.24. The van der Waals surface area contributed by atoms with Gasteiger partial charge in [0.15, 0.2) is 15.7 Å². The van der Waals surface area contributed by atoms with E-state index in [0.29, 0.717) is 12.4 Å². The summed E-state index contributed by atoms with van der Waals surface area (Å²) in [5.74, 6) is 0.508. The third-order valence-electron chi connectivity index (χ3n) is 2.24. The summed E-state index contributed by atoms with van der Waals surface area (Å²) >= 11 is 0. The second-order valence-electron chi connectivity index (χ2n) is 3.60. The van der Waals surface area contributed by atoms with Gasteiger partial charge < -0.3 is 10.3 Å². The monoisotopic (exact) mass is 233 g/mol. The summed E-state index contributed by atoms with van der Waals surface area (Å²) in [6.07, 6.45) is 1.14. The van der Waals surface area contributed by atoms with E-state index >= 15 is 0 Å². The Bertz CT molecular complexity index is 426. The molecule has 0 aliphatic rings. The Balaban J connectivity index is 2.94. The van der Waals surface area contributed by atoms with Crippen molar-refractivity contribution in [3.05, 3.63) is 11.7 Å². The first-order chi connectivity index (χ1) is 6.86. The maximum atomic E-state index is 11.2. The van der Waals surface area contributed by atoms with Gasteiger partial charge in [0.2, 0.25) is 5.89 Å². The molecular weight excluding hydrogens is 218 g/mol. The second-order valence-corrected chi connectivity index (χ2v) is 5.97. The van der Waals surface area contributed by atoms with E-state index in [0.717, 1.165) is 6.26 Å². The van der Waals surface area contributed by atoms with E-state index in [1.165, 1.54) is 6.92 Å². The summed E-state index contributed by atoms with van der Waals surface area (Å²) in [6, 6.07) is 0. The Hall–Kier alpha value is -0.950. The van der Waals surface area contributed by atoms with Crippen LogP contribution in [0.1, 0.15) is 36.7 Å². The molecule has 86 valence electrons. The van der Waals surface area contributed by atoms with Crippen molar-refractivity contribution in [1.82, 2.24) is 10.1 Å². The lowest BCUT2D eigenvalue weighted by Gasteiger charge is -2.02. The predicted octanol–water partition coefficient (Wildman–Crippen LogP) is 0.237. The van der Waals surface area contributed by atoms with Crippen molar-refractivity contribution in [2.24, 2.45) is 5.73 Å². The van der Waals surface area contributed by atoms with Gasteiger partial charge in [-0.3, -0.25) is 0 Å². The van der Waals surface area contributed by atoms with E-state index < -0.39 is 15.1 Å². The zero-order valence-electron chi connectivity index (χ0n) is 8.97. The zero-order valence-corrected chi connectivity index (χ0v) is 9.78. The van der Waals surface area contributed by atoms with Crippen molar-refractivity contribution in [3.63, 3.8) is 0 Å². The molecule has 2 unspecified atom stereocenters. The third-order valence-corrected chi connectivity index (χ3v) is 3.73. The van der Waals surface area contributed by atoms with Gasteiger partial charge in [-0.25, -0.2) is 8.42 Å². The van der Waals surface area contributed by atoms with Crippen LogP contribution in [0.2, 0.25) is 0 Å². The molecule has 1 aromatic rings. The molecule has 0 saturated heterocycles. The van der Waals surface area contributed by atoms with Gasteiger partial charge in [0.1, 0.15) is 5.25 Å². The highest BCUT2D eigenvalue weighted by Crippen LogP contribution is 2.20. The fraction of sp³-hybridized carbons (Fsp3) is 0.750. The minimum atomic E-state index is -3.19. The summed E-state index contributed by atoms with van der Waals surface area (Å²) in [5.41, 5.74) is 5.43. The van der Waals surface area contributed by atoms with E-state index in [1.807, 2.05) is 6.92 Å². The van der Waals surface area contributed by atoms with Gasteiger partial charge in [-0.2, -0.15) is 4.98 Å². The van der Waals surface area contributed by atoms with E-state index in [-0.39, 0.29) is 11.7 Å². The number of rotatable bonds is 4. The maximum absolute atomic E-state index is 11.2. The Kier molecular flexibility index (Phi) is 3.46. The van der Waals surface area contributed by atoms with E-state index in [1.54, 1.807) is 0 Å². The van der Waals surface area contributed by atoms with Gasteiger partial charge in [-0.1, -0.05) is 12.1 Å². The fourth-order valence-electron chi connectivity index (χ4n) is 0.905. The van der Waals surface area contributed by atoms with Crippen LogP contribution in [0.25, 0.3) is 0 Å². The smallest absolute Gasteiger partial charge is 0.230 e. The number of sulfone groups is 1. The van der Waals surface area contributed by atoms with Crippen LogP contribution in [0.15, 0.2) is 4.52 Å². The summed E-state index contributed by atoms with van der Waals surface area (Å²) in [5, 5.41) is 2.88. The van der Waals surface area contributed by atoms with Gasteiger partial charge >= 0.3 is 0 Å². The first-order valence-corrected chi connectivity index (χ1v) is 6.54. The molecule has 2 N–H and O–H groups in total. The molecule has 1 heterocycles. The highest BCUT2D eigenvalue weighted by molar-refractivity contribution is 7.90. The van der Waals surface area contributed by atoms with Crippen LogP contribution < -0.4 is 5.73 Å². The summed E-state index contributed by atoms with van der Waals surface area (Å²) < 4.78 is 27.4. The van der Waals surface area contributed by atoms with Crippen molar-refractivity contribution in [1.29, 1.82) is 0 Å². The molecule has 7 heteroatoms. The average Bonchev–Trinajstić information content (AvgIpc) is 2.62. The normalized spacial score (nSPS) is 16.3. The predicted molar refractivity (Wildman–Crippen MR) is 55.0 cm³/mol. The lowest BCUT2D eigenvalue weighted by Crippen LogP contribution is -2.11. The number of hydrogen-bond donors (Lipinski definition) is 1. The molecule has 6 nitrogen and oxygen atoms in total. The van der Waals surface area contributed by atoms with Crippen LogP contribution in [0.3, 0.4) is 0 Å². The van der Waals surface area contributed by atoms with E-state index in [9.17, 15) is 8.42 Å². The molecule has 0 bridgehead atoms. The van der Waals surface area contributed by atoms with Crippen LogP contribution in [0, 0.1) is 0 Å². The van der Waals surface area contributed by atoms with Crippen molar-refractivity contribution in [2.45, 2.75) is 25.0 Å². The minimum absolute atomic E-state index is 0.0574. The number of nitrogens with zero attached hydrogens (tertiary/aromatic N) is 2. The van der Waals surface area contributed by atoms with Gasteiger partial charge in [0.05, 0.1) is 0 Å². The fourth-order valence-corrected chi connectivity index (χ4v) is 1.38. The molecule has 2 atom stereocenters. The molecule has 0 fully saturated rings. The van der Waals surface area contributed by atoms with E-state index in [2.05, 4.69) is 10.1 Å². The molecular formula is C8H15N3O3S. The molecule has 0 saturated carbocycles. The Morgan fingerprint density at radius 1 is 1.47 bits per heavy atom. The van der Waals surface area contributed by atoms with Gasteiger partial charge in [0.25, 0.3) is 0 Å². The first kappa shape index (κ1) is 12.1. The van der Waals surface area contributed by atoms with Crippen LogP contribution >= 0.6 is 0 Å². The number of aromatic nitrogens is 2. The molecule has 0 aliphatic carbocycles. The zero-order chi connectivity index (χ0) is 11.6. The van der Waals surface area contributed by atoms with Crippen molar-refractivity contribution >= 4 is 9.84 Å². The van der Waals surface area contributed by atoms with Crippen molar-refractivity contribution < 1.29 is 12.9 Å². The molecule has 0 aromatic carbocycles. The van der Waals surface area contributed by atoms with Crippen LogP contribution in [-0.4, -0.2) is 31.4 Å². The van der Waals surface area contributed by atoms with Gasteiger partial charge in [-0.15, -0.1) is 0 Å². The standard InChI is InChI=1S/C8H15N3O3S/c1-5(4-9)8-10-7(11-14-8)6(2)15(3,12)13/h5-6H,4,9H2,1-3H3. The lowest BCUT2D eigenvalue weighted by atomic mass is 10.2. The SMILES string of the molecule is CC(CN)c1nc(C(C)S(C)(=O)=O)no1. The molecule has 0 spiro atoms. The Morgan fingerprint density at radius 2 is 2.07 bits per heavy atom. The first-order valence-electron chi connectivity index (χ1n) is 4.58. The van der Waals surface area contributed by atoms with Crippen molar-refractivity contribution in [3.8, 4) is 0 Å². The van der Waals surface area contributed by atoms with E-state index in [4.69, 9.17) is 10.3 Å². The minimum Gasteiger partial charge on any atom is -0.339 e. The average molecular weight is 233 g/mol. The van der Waals surface area contributed by atoms with Crippen molar-refractivity contribution in [2.75, 3.05) is 12.8 Å². The molecule has 0 radical (unpaired) electrons. The Labute approximate surface area is 88.8 Å². The number of nitrogens with two attached hydrogens (primary N) is 1. The quantitative estimate of drug-likeness (QED) is 0.799. The summed E-state index contributed by atoms with van der Waals surface area (Å²) in [4.78, 5) is 4.01. The Morgan fingerprint density at radius 3 is 2.53 bits per heavy atom. The highest BCUT2D eigenvalue weighted by atomic mass is 32.2. The second kappa shape index (κ2) is 4.28.